The Morgan fingerprint density at radius 1 is 1.40 bits per heavy atom. The van der Waals surface area contributed by atoms with Crippen LogP contribution in [0.15, 0.2) is 24.3 Å². The Bertz CT molecular complexity index is 641. The summed E-state index contributed by atoms with van der Waals surface area (Å²) in [6, 6.07) is 7.75. The second kappa shape index (κ2) is 8.39. The summed E-state index contributed by atoms with van der Waals surface area (Å²) in [6.45, 7) is 3.04. The summed E-state index contributed by atoms with van der Waals surface area (Å²) >= 11 is 6.10. The molecule has 0 spiro atoms. The fourth-order valence-corrected chi connectivity index (χ4v) is 4.02. The maximum Gasteiger partial charge on any atom is 0.226 e. The Morgan fingerprint density at radius 3 is 2.84 bits per heavy atom. The van der Waals surface area contributed by atoms with Gasteiger partial charge in [-0.1, -0.05) is 23.7 Å². The molecule has 0 radical (unpaired) electrons. The third-order valence-corrected chi connectivity index (χ3v) is 5.32. The van der Waals surface area contributed by atoms with Crippen LogP contribution in [0.5, 0.6) is 0 Å². The summed E-state index contributed by atoms with van der Waals surface area (Å²) in [7, 11) is 1.76. The molecule has 3 rings (SSSR count). The van der Waals surface area contributed by atoms with E-state index in [4.69, 9.17) is 11.6 Å². The zero-order valence-electron chi connectivity index (χ0n) is 14.5. The van der Waals surface area contributed by atoms with E-state index >= 15 is 0 Å². The monoisotopic (exact) mass is 385 g/mol. The van der Waals surface area contributed by atoms with Gasteiger partial charge in [0.1, 0.15) is 0 Å². The standard InChI is InChI=1S/C18H24ClN3O2.ClH/c1-11-8-14(6-7-20-11)21-18(24)15-10-16(23)22(2)17(15)12-4-3-5-13(19)9-12;/h3-5,9,11,14-15,17,20H,6-8,10H2,1-2H3,(H,21,24);1H. The van der Waals surface area contributed by atoms with Crippen LogP contribution in [0.25, 0.3) is 0 Å². The van der Waals surface area contributed by atoms with Crippen molar-refractivity contribution in [1.29, 1.82) is 0 Å². The average molecular weight is 386 g/mol. The van der Waals surface area contributed by atoms with Crippen LogP contribution >= 0.6 is 24.0 Å². The number of likely N-dealkylation sites (tertiary alicyclic amines) is 1. The lowest BCUT2D eigenvalue weighted by Crippen LogP contribution is -2.48. The second-order valence-corrected chi connectivity index (χ2v) is 7.34. The molecule has 2 amide bonds. The molecule has 2 saturated heterocycles. The molecule has 0 saturated carbocycles. The van der Waals surface area contributed by atoms with Crippen LogP contribution in [0.1, 0.15) is 37.8 Å². The van der Waals surface area contributed by atoms with Gasteiger partial charge in [-0.25, -0.2) is 0 Å². The molecule has 2 aliphatic rings. The summed E-state index contributed by atoms with van der Waals surface area (Å²) in [5.74, 6) is -0.401. The second-order valence-electron chi connectivity index (χ2n) is 6.90. The van der Waals surface area contributed by atoms with Gasteiger partial charge in [-0.2, -0.15) is 0 Å². The zero-order chi connectivity index (χ0) is 17.3. The number of amides is 2. The summed E-state index contributed by atoms with van der Waals surface area (Å²) < 4.78 is 0. The van der Waals surface area contributed by atoms with Crippen LogP contribution < -0.4 is 10.6 Å². The summed E-state index contributed by atoms with van der Waals surface area (Å²) in [5.41, 5.74) is 0.912. The molecular formula is C18H25Cl2N3O2. The van der Waals surface area contributed by atoms with E-state index in [0.717, 1.165) is 24.9 Å². The van der Waals surface area contributed by atoms with Crippen molar-refractivity contribution in [3.63, 3.8) is 0 Å². The first-order valence-corrected chi connectivity index (χ1v) is 8.88. The number of piperidine rings is 1. The Hall–Kier alpha value is -1.30. The quantitative estimate of drug-likeness (QED) is 0.840. The van der Waals surface area contributed by atoms with Gasteiger partial charge in [0.2, 0.25) is 11.8 Å². The molecule has 25 heavy (non-hydrogen) atoms. The number of hydrogen-bond acceptors (Lipinski definition) is 3. The van der Waals surface area contributed by atoms with E-state index in [1.807, 2.05) is 18.2 Å². The molecule has 2 N–H and O–H groups in total. The third-order valence-electron chi connectivity index (χ3n) is 5.08. The molecule has 4 atom stereocenters. The Labute approximate surface area is 159 Å². The van der Waals surface area contributed by atoms with Gasteiger partial charge in [-0.3, -0.25) is 9.59 Å². The van der Waals surface area contributed by atoms with Crippen molar-refractivity contribution in [2.45, 2.75) is 44.3 Å². The zero-order valence-corrected chi connectivity index (χ0v) is 16.1. The van der Waals surface area contributed by atoms with Crippen LogP contribution in [-0.2, 0) is 9.59 Å². The van der Waals surface area contributed by atoms with Crippen LogP contribution in [0.3, 0.4) is 0 Å². The predicted octanol–water partition coefficient (Wildman–Crippen LogP) is 2.54. The normalized spacial score (nSPS) is 29.2. The number of carbonyl (C=O) groups is 2. The lowest BCUT2D eigenvalue weighted by molar-refractivity contribution is -0.128. The lowest BCUT2D eigenvalue weighted by atomic mass is 9.91. The average Bonchev–Trinajstić information content (AvgIpc) is 2.83. The first-order valence-electron chi connectivity index (χ1n) is 8.50. The molecule has 138 valence electrons. The van der Waals surface area contributed by atoms with Gasteiger partial charge in [0.05, 0.1) is 12.0 Å². The summed E-state index contributed by atoms with van der Waals surface area (Å²) in [5, 5.41) is 7.15. The van der Waals surface area contributed by atoms with E-state index in [1.165, 1.54) is 0 Å². The van der Waals surface area contributed by atoms with Crippen LogP contribution in [0.2, 0.25) is 5.02 Å². The first kappa shape index (κ1) is 20.0. The first-order chi connectivity index (χ1) is 11.5. The van der Waals surface area contributed by atoms with Crippen molar-refractivity contribution in [3.05, 3.63) is 34.9 Å². The van der Waals surface area contributed by atoms with E-state index < -0.39 is 0 Å². The van der Waals surface area contributed by atoms with Gasteiger partial charge in [-0.15, -0.1) is 12.4 Å². The number of hydrogen-bond donors (Lipinski definition) is 2. The topological polar surface area (TPSA) is 61.4 Å². The van der Waals surface area contributed by atoms with Crippen molar-refractivity contribution < 1.29 is 9.59 Å². The molecule has 2 heterocycles. The largest absolute Gasteiger partial charge is 0.353 e. The van der Waals surface area contributed by atoms with Gasteiger partial charge >= 0.3 is 0 Å². The molecule has 7 heteroatoms. The van der Waals surface area contributed by atoms with Gasteiger partial charge < -0.3 is 15.5 Å². The Balaban J connectivity index is 0.00000225. The number of benzene rings is 1. The molecule has 1 aromatic rings. The smallest absolute Gasteiger partial charge is 0.226 e. The SMILES string of the molecule is CC1CC(NC(=O)C2CC(=O)N(C)C2c2cccc(Cl)c2)CCN1.Cl. The Kier molecular flexibility index (Phi) is 6.72. The van der Waals surface area contributed by atoms with Crippen molar-refractivity contribution in [1.82, 2.24) is 15.5 Å². The fraction of sp³-hybridized carbons (Fsp3) is 0.556. The highest BCUT2D eigenvalue weighted by molar-refractivity contribution is 6.30. The van der Waals surface area contributed by atoms with Gasteiger partial charge in [0, 0.05) is 30.6 Å². The van der Waals surface area contributed by atoms with E-state index in [9.17, 15) is 9.59 Å². The number of nitrogens with zero attached hydrogens (tertiary/aromatic N) is 1. The molecule has 0 aliphatic carbocycles. The molecule has 0 aromatic heterocycles. The highest BCUT2D eigenvalue weighted by atomic mass is 35.5. The number of halogens is 2. The molecule has 2 aliphatic heterocycles. The van der Waals surface area contributed by atoms with Crippen molar-refractivity contribution in [2.24, 2.45) is 5.92 Å². The molecule has 1 aromatic carbocycles. The molecule has 2 fully saturated rings. The maximum absolute atomic E-state index is 12.8. The minimum atomic E-state index is -0.369. The minimum Gasteiger partial charge on any atom is -0.353 e. The highest BCUT2D eigenvalue weighted by Gasteiger charge is 2.43. The van der Waals surface area contributed by atoms with Crippen LogP contribution in [0.4, 0.5) is 0 Å². The summed E-state index contributed by atoms with van der Waals surface area (Å²) in [4.78, 5) is 26.7. The number of rotatable bonds is 3. The molecule has 4 unspecified atom stereocenters. The fourth-order valence-electron chi connectivity index (χ4n) is 3.82. The molecule has 5 nitrogen and oxygen atoms in total. The van der Waals surface area contributed by atoms with Crippen LogP contribution in [-0.4, -0.2) is 42.4 Å². The third kappa shape index (κ3) is 4.46. The van der Waals surface area contributed by atoms with E-state index in [-0.39, 0.29) is 48.6 Å². The molecule has 0 bridgehead atoms. The van der Waals surface area contributed by atoms with Crippen molar-refractivity contribution in [2.75, 3.05) is 13.6 Å². The predicted molar refractivity (Wildman–Crippen MR) is 101 cm³/mol. The molecular weight excluding hydrogens is 361 g/mol. The lowest BCUT2D eigenvalue weighted by Gasteiger charge is -2.31. The minimum absolute atomic E-state index is 0. The maximum atomic E-state index is 12.8. The van der Waals surface area contributed by atoms with Gasteiger partial charge in [0.15, 0.2) is 0 Å². The Morgan fingerprint density at radius 2 is 2.16 bits per heavy atom. The van der Waals surface area contributed by atoms with Crippen molar-refractivity contribution >= 4 is 35.8 Å². The van der Waals surface area contributed by atoms with Gasteiger partial charge in [-0.05, 0) is 44.0 Å². The van der Waals surface area contributed by atoms with Crippen molar-refractivity contribution in [3.8, 4) is 0 Å². The van der Waals surface area contributed by atoms with E-state index in [2.05, 4.69) is 17.6 Å². The van der Waals surface area contributed by atoms with E-state index in [0.29, 0.717) is 11.1 Å². The number of nitrogens with one attached hydrogen (secondary N) is 2. The number of carbonyl (C=O) groups excluding carboxylic acids is 2. The van der Waals surface area contributed by atoms with Crippen LogP contribution in [0, 0.1) is 5.92 Å². The van der Waals surface area contributed by atoms with Gasteiger partial charge in [0.25, 0.3) is 0 Å². The highest BCUT2D eigenvalue weighted by Crippen LogP contribution is 2.38. The van der Waals surface area contributed by atoms with E-state index in [1.54, 1.807) is 18.0 Å². The summed E-state index contributed by atoms with van der Waals surface area (Å²) in [6.07, 6.45) is 2.10.